The molecular weight excluding hydrogens is 206 g/mol. The molecule has 0 aliphatic rings. The molecule has 0 saturated carbocycles. The molecule has 82 valence electrons. The number of nitrogens with one attached hydrogen (secondary N) is 1. The second kappa shape index (κ2) is 5.63. The Balaban J connectivity index is 2.93. The Morgan fingerprint density at radius 1 is 1.69 bits per heavy atom. The molecule has 1 N–H and O–H groups in total. The van der Waals surface area contributed by atoms with Crippen LogP contribution >= 0.6 is 0 Å². The van der Waals surface area contributed by atoms with Gasteiger partial charge in [-0.3, -0.25) is 15.4 Å². The third-order valence-electron chi connectivity index (χ3n) is 2.01. The number of rotatable bonds is 5. The van der Waals surface area contributed by atoms with Gasteiger partial charge >= 0.3 is 0 Å². The topological polar surface area (TPSA) is 79.0 Å². The third kappa shape index (κ3) is 2.90. The molecule has 0 amide bonds. The minimum atomic E-state index is -0.558. The van der Waals surface area contributed by atoms with E-state index in [2.05, 4.69) is 11.9 Å². The first-order chi connectivity index (χ1) is 7.69. The zero-order valence-corrected chi connectivity index (χ0v) is 8.59. The van der Waals surface area contributed by atoms with E-state index in [-0.39, 0.29) is 5.69 Å². The Morgan fingerprint density at radius 3 is 3.00 bits per heavy atom. The van der Waals surface area contributed by atoms with E-state index >= 15 is 0 Å². The van der Waals surface area contributed by atoms with Crippen LogP contribution in [-0.2, 0) is 0 Å². The standard InChI is InChI=1S/C11H11N3O2/c1-2-6-13-11(8-12)9-4-3-5-10(7-9)14(15)16/h2-5,7,11,13H,1,6H2. The zero-order chi connectivity index (χ0) is 12.0. The van der Waals surface area contributed by atoms with E-state index in [1.165, 1.54) is 12.1 Å². The Hall–Kier alpha value is -2.19. The van der Waals surface area contributed by atoms with E-state index in [0.29, 0.717) is 12.1 Å². The van der Waals surface area contributed by atoms with Crippen molar-refractivity contribution in [2.24, 2.45) is 0 Å². The first kappa shape index (κ1) is 11.9. The molecule has 1 atom stereocenters. The van der Waals surface area contributed by atoms with Crippen molar-refractivity contribution in [2.75, 3.05) is 6.54 Å². The van der Waals surface area contributed by atoms with Gasteiger partial charge in [0, 0.05) is 18.7 Å². The third-order valence-corrected chi connectivity index (χ3v) is 2.01. The molecule has 0 fully saturated rings. The molecule has 1 aromatic rings. The first-order valence-electron chi connectivity index (χ1n) is 4.67. The summed E-state index contributed by atoms with van der Waals surface area (Å²) in [5.41, 5.74) is 0.566. The summed E-state index contributed by atoms with van der Waals surface area (Å²) in [5.74, 6) is 0. The van der Waals surface area contributed by atoms with E-state index in [4.69, 9.17) is 5.26 Å². The fourth-order valence-corrected chi connectivity index (χ4v) is 1.26. The number of benzene rings is 1. The second-order valence-electron chi connectivity index (χ2n) is 3.11. The van der Waals surface area contributed by atoms with Gasteiger partial charge in [0.1, 0.15) is 6.04 Å². The minimum Gasteiger partial charge on any atom is -0.295 e. The summed E-state index contributed by atoms with van der Waals surface area (Å²) in [7, 11) is 0. The SMILES string of the molecule is C=CCNC(C#N)c1cccc([N+](=O)[O-])c1. The lowest BCUT2D eigenvalue weighted by Gasteiger charge is -2.09. The molecule has 0 bridgehead atoms. The van der Waals surface area contributed by atoms with Gasteiger partial charge in [-0.2, -0.15) is 5.26 Å². The summed E-state index contributed by atoms with van der Waals surface area (Å²) in [6, 6.07) is 7.51. The number of hydrogen-bond acceptors (Lipinski definition) is 4. The molecule has 0 radical (unpaired) electrons. The van der Waals surface area contributed by atoms with Gasteiger partial charge in [0.15, 0.2) is 0 Å². The van der Waals surface area contributed by atoms with Crippen LogP contribution in [0.5, 0.6) is 0 Å². The quantitative estimate of drug-likeness (QED) is 0.464. The summed E-state index contributed by atoms with van der Waals surface area (Å²) in [6.45, 7) is 4.00. The highest BCUT2D eigenvalue weighted by Gasteiger charge is 2.12. The molecule has 1 unspecified atom stereocenters. The van der Waals surface area contributed by atoms with Gasteiger partial charge < -0.3 is 0 Å². The van der Waals surface area contributed by atoms with Crippen LogP contribution in [0.1, 0.15) is 11.6 Å². The summed E-state index contributed by atoms with van der Waals surface area (Å²) in [4.78, 5) is 10.1. The van der Waals surface area contributed by atoms with Crippen LogP contribution in [0.4, 0.5) is 5.69 Å². The van der Waals surface area contributed by atoms with Gasteiger partial charge in [0.05, 0.1) is 11.0 Å². The largest absolute Gasteiger partial charge is 0.295 e. The zero-order valence-electron chi connectivity index (χ0n) is 8.59. The normalized spacial score (nSPS) is 11.4. The van der Waals surface area contributed by atoms with Crippen molar-refractivity contribution in [1.29, 1.82) is 5.26 Å². The van der Waals surface area contributed by atoms with Crippen molar-refractivity contribution in [3.63, 3.8) is 0 Å². The van der Waals surface area contributed by atoms with Crippen molar-refractivity contribution in [1.82, 2.24) is 5.32 Å². The van der Waals surface area contributed by atoms with Crippen LogP contribution in [0.3, 0.4) is 0 Å². The number of hydrogen-bond donors (Lipinski definition) is 1. The Labute approximate surface area is 93.2 Å². The summed E-state index contributed by atoms with van der Waals surface area (Å²) < 4.78 is 0. The predicted octanol–water partition coefficient (Wildman–Crippen LogP) is 1.94. The van der Waals surface area contributed by atoms with Crippen LogP contribution in [0.2, 0.25) is 0 Å². The number of nitrogens with zero attached hydrogens (tertiary/aromatic N) is 2. The molecule has 0 spiro atoms. The maximum absolute atomic E-state index is 10.6. The van der Waals surface area contributed by atoms with Gasteiger partial charge in [-0.15, -0.1) is 6.58 Å². The molecule has 16 heavy (non-hydrogen) atoms. The van der Waals surface area contributed by atoms with E-state index < -0.39 is 11.0 Å². The van der Waals surface area contributed by atoms with Crippen molar-refractivity contribution in [3.05, 3.63) is 52.6 Å². The molecule has 1 rings (SSSR count). The molecule has 5 nitrogen and oxygen atoms in total. The molecular formula is C11H11N3O2. The van der Waals surface area contributed by atoms with Crippen molar-refractivity contribution in [3.8, 4) is 6.07 Å². The van der Waals surface area contributed by atoms with Gasteiger partial charge in [-0.05, 0) is 5.56 Å². The van der Waals surface area contributed by atoms with E-state index in [1.807, 2.05) is 6.07 Å². The Bertz CT molecular complexity index is 437. The lowest BCUT2D eigenvalue weighted by atomic mass is 10.1. The fourth-order valence-electron chi connectivity index (χ4n) is 1.26. The molecule has 0 aliphatic heterocycles. The maximum atomic E-state index is 10.6. The van der Waals surface area contributed by atoms with Crippen molar-refractivity contribution >= 4 is 5.69 Å². The number of nitro benzene ring substituents is 1. The molecule has 0 aliphatic carbocycles. The van der Waals surface area contributed by atoms with Crippen LogP contribution in [0.25, 0.3) is 0 Å². The number of nitro groups is 1. The Kier molecular flexibility index (Phi) is 4.18. The van der Waals surface area contributed by atoms with Crippen LogP contribution in [0, 0.1) is 21.4 Å². The molecule has 5 heteroatoms. The van der Waals surface area contributed by atoms with Gasteiger partial charge in [-0.25, -0.2) is 0 Å². The van der Waals surface area contributed by atoms with Gasteiger partial charge in [0.25, 0.3) is 5.69 Å². The lowest BCUT2D eigenvalue weighted by molar-refractivity contribution is -0.384. The lowest BCUT2D eigenvalue weighted by Crippen LogP contribution is -2.19. The maximum Gasteiger partial charge on any atom is 0.269 e. The van der Waals surface area contributed by atoms with Gasteiger partial charge in [0.2, 0.25) is 0 Å². The minimum absolute atomic E-state index is 0.0156. The highest BCUT2D eigenvalue weighted by Crippen LogP contribution is 2.18. The summed E-state index contributed by atoms with van der Waals surface area (Å²) in [6.07, 6.45) is 1.63. The highest BCUT2D eigenvalue weighted by atomic mass is 16.6. The number of non-ortho nitro benzene ring substituents is 1. The smallest absolute Gasteiger partial charge is 0.269 e. The molecule has 0 aromatic heterocycles. The van der Waals surface area contributed by atoms with E-state index in [1.54, 1.807) is 18.2 Å². The second-order valence-corrected chi connectivity index (χ2v) is 3.11. The highest BCUT2D eigenvalue weighted by molar-refractivity contribution is 5.37. The van der Waals surface area contributed by atoms with Crippen LogP contribution < -0.4 is 5.32 Å². The average Bonchev–Trinajstić information content (AvgIpc) is 2.30. The van der Waals surface area contributed by atoms with Crippen molar-refractivity contribution in [2.45, 2.75) is 6.04 Å². The summed E-state index contributed by atoms with van der Waals surface area (Å²) >= 11 is 0. The summed E-state index contributed by atoms with van der Waals surface area (Å²) in [5, 5.41) is 22.4. The Morgan fingerprint density at radius 2 is 2.44 bits per heavy atom. The predicted molar refractivity (Wildman–Crippen MR) is 59.7 cm³/mol. The van der Waals surface area contributed by atoms with Crippen LogP contribution in [-0.4, -0.2) is 11.5 Å². The number of nitriles is 1. The fraction of sp³-hybridized carbons (Fsp3) is 0.182. The molecule has 1 aromatic carbocycles. The van der Waals surface area contributed by atoms with E-state index in [0.717, 1.165) is 0 Å². The molecule has 0 heterocycles. The average molecular weight is 217 g/mol. The van der Waals surface area contributed by atoms with Crippen molar-refractivity contribution < 1.29 is 4.92 Å². The monoisotopic (exact) mass is 217 g/mol. The van der Waals surface area contributed by atoms with Crippen LogP contribution in [0.15, 0.2) is 36.9 Å². The van der Waals surface area contributed by atoms with Gasteiger partial charge in [-0.1, -0.05) is 18.2 Å². The van der Waals surface area contributed by atoms with E-state index in [9.17, 15) is 10.1 Å². The first-order valence-corrected chi connectivity index (χ1v) is 4.67. The molecule has 0 saturated heterocycles.